The lowest BCUT2D eigenvalue weighted by atomic mass is 9.96. The van der Waals surface area contributed by atoms with Crippen molar-refractivity contribution in [1.29, 1.82) is 0 Å². The van der Waals surface area contributed by atoms with Gasteiger partial charge in [-0.1, -0.05) is 6.07 Å². The maximum atomic E-state index is 4.56. The molecule has 2 aromatic heterocycles. The van der Waals surface area contributed by atoms with E-state index in [4.69, 9.17) is 0 Å². The van der Waals surface area contributed by atoms with Gasteiger partial charge in [-0.25, -0.2) is 15.0 Å². The Morgan fingerprint density at radius 1 is 1.10 bits per heavy atom. The molecule has 20 heavy (non-hydrogen) atoms. The van der Waals surface area contributed by atoms with Crippen molar-refractivity contribution in [2.24, 2.45) is 0 Å². The minimum atomic E-state index is 0.611. The lowest BCUT2D eigenvalue weighted by Gasteiger charge is -2.19. The Morgan fingerprint density at radius 2 is 2.00 bits per heavy atom. The molecular weight excluding hydrogens is 250 g/mol. The molecule has 0 atom stereocenters. The minimum Gasteiger partial charge on any atom is -0.353 e. The zero-order chi connectivity index (χ0) is 13.8. The van der Waals surface area contributed by atoms with Gasteiger partial charge in [0.2, 0.25) is 0 Å². The van der Waals surface area contributed by atoms with E-state index >= 15 is 0 Å². The molecule has 5 nitrogen and oxygen atoms in total. The number of aryl methyl sites for hydroxylation is 2. The van der Waals surface area contributed by atoms with Gasteiger partial charge in [0.05, 0.1) is 6.67 Å². The molecule has 0 spiro atoms. The monoisotopic (exact) mass is 269 g/mol. The van der Waals surface area contributed by atoms with Crippen LogP contribution >= 0.6 is 0 Å². The molecule has 0 bridgehead atoms. The second-order valence-electron chi connectivity index (χ2n) is 5.00. The summed E-state index contributed by atoms with van der Waals surface area (Å²) < 4.78 is 0. The van der Waals surface area contributed by atoms with E-state index in [1.165, 1.54) is 24.1 Å². The van der Waals surface area contributed by atoms with Crippen molar-refractivity contribution in [3.05, 3.63) is 41.5 Å². The SMILES string of the molecule is Cc1nc2c(c(NCNc3ccccn3)n1)CCCC2. The smallest absolute Gasteiger partial charge is 0.134 e. The van der Waals surface area contributed by atoms with Crippen LogP contribution in [0.15, 0.2) is 24.4 Å². The maximum Gasteiger partial charge on any atom is 0.134 e. The van der Waals surface area contributed by atoms with Crippen LogP contribution in [0.2, 0.25) is 0 Å². The van der Waals surface area contributed by atoms with Crippen LogP contribution in [-0.2, 0) is 12.8 Å². The molecule has 0 fully saturated rings. The molecule has 0 radical (unpaired) electrons. The standard InChI is InChI=1S/C15H19N5/c1-11-19-13-7-3-2-6-12(13)15(20-11)18-10-17-14-8-4-5-9-16-14/h4-5,8-9H,2-3,6-7,10H2,1H3,(H,16,17)(H,18,19,20). The Balaban J connectivity index is 1.69. The number of rotatable bonds is 4. The summed E-state index contributed by atoms with van der Waals surface area (Å²) in [5.41, 5.74) is 2.49. The lowest BCUT2D eigenvalue weighted by molar-refractivity contribution is 0.659. The number of anilines is 2. The number of hydrogen-bond acceptors (Lipinski definition) is 5. The van der Waals surface area contributed by atoms with Crippen molar-refractivity contribution in [3.8, 4) is 0 Å². The van der Waals surface area contributed by atoms with E-state index in [2.05, 4.69) is 25.6 Å². The molecule has 0 unspecified atom stereocenters. The molecule has 2 N–H and O–H groups in total. The molecule has 0 saturated heterocycles. The Bertz CT molecular complexity index is 582. The second kappa shape index (κ2) is 5.86. The highest BCUT2D eigenvalue weighted by Crippen LogP contribution is 2.25. The van der Waals surface area contributed by atoms with Crippen molar-refractivity contribution >= 4 is 11.6 Å². The fourth-order valence-electron chi connectivity index (χ4n) is 2.55. The van der Waals surface area contributed by atoms with E-state index in [1.807, 2.05) is 25.1 Å². The number of fused-ring (bicyclic) bond motifs is 1. The number of nitrogens with zero attached hydrogens (tertiary/aromatic N) is 3. The molecule has 3 rings (SSSR count). The quantitative estimate of drug-likeness (QED) is 0.835. The van der Waals surface area contributed by atoms with E-state index in [0.717, 1.165) is 30.3 Å². The van der Waals surface area contributed by atoms with E-state index in [1.54, 1.807) is 6.20 Å². The van der Waals surface area contributed by atoms with Gasteiger partial charge in [0, 0.05) is 17.5 Å². The summed E-state index contributed by atoms with van der Waals surface area (Å²) in [6.07, 6.45) is 6.37. The van der Waals surface area contributed by atoms with Crippen LogP contribution in [0.25, 0.3) is 0 Å². The normalized spacial score (nSPS) is 13.7. The van der Waals surface area contributed by atoms with Gasteiger partial charge in [0.25, 0.3) is 0 Å². The average Bonchev–Trinajstić information content (AvgIpc) is 2.48. The molecule has 0 amide bonds. The summed E-state index contributed by atoms with van der Waals surface area (Å²) in [5, 5.41) is 6.60. The van der Waals surface area contributed by atoms with Crippen LogP contribution in [-0.4, -0.2) is 21.6 Å². The first-order chi connectivity index (χ1) is 9.83. The van der Waals surface area contributed by atoms with Crippen molar-refractivity contribution < 1.29 is 0 Å². The van der Waals surface area contributed by atoms with Crippen molar-refractivity contribution in [3.63, 3.8) is 0 Å². The van der Waals surface area contributed by atoms with Crippen molar-refractivity contribution in [2.75, 3.05) is 17.3 Å². The topological polar surface area (TPSA) is 62.7 Å². The van der Waals surface area contributed by atoms with Crippen molar-refractivity contribution in [2.45, 2.75) is 32.6 Å². The van der Waals surface area contributed by atoms with Crippen LogP contribution in [0.5, 0.6) is 0 Å². The number of pyridine rings is 1. The molecule has 1 aliphatic rings. The summed E-state index contributed by atoms with van der Waals surface area (Å²) in [4.78, 5) is 13.3. The Kier molecular flexibility index (Phi) is 3.76. The van der Waals surface area contributed by atoms with Gasteiger partial charge in [0.15, 0.2) is 0 Å². The molecular formula is C15H19N5. The summed E-state index contributed by atoms with van der Waals surface area (Å²) in [6.45, 7) is 2.56. The fourth-order valence-corrected chi connectivity index (χ4v) is 2.55. The van der Waals surface area contributed by atoms with Gasteiger partial charge in [-0.05, 0) is 44.7 Å². The van der Waals surface area contributed by atoms with Gasteiger partial charge >= 0.3 is 0 Å². The Hall–Kier alpha value is -2.17. The highest BCUT2D eigenvalue weighted by atomic mass is 15.1. The first kappa shape index (κ1) is 12.8. The molecule has 5 heteroatoms. The molecule has 2 heterocycles. The average molecular weight is 269 g/mol. The lowest BCUT2D eigenvalue weighted by Crippen LogP contribution is -2.18. The van der Waals surface area contributed by atoms with E-state index in [-0.39, 0.29) is 0 Å². The number of nitrogens with one attached hydrogen (secondary N) is 2. The highest BCUT2D eigenvalue weighted by Gasteiger charge is 2.16. The first-order valence-corrected chi connectivity index (χ1v) is 7.08. The zero-order valence-electron chi connectivity index (χ0n) is 11.7. The number of hydrogen-bond donors (Lipinski definition) is 2. The maximum absolute atomic E-state index is 4.56. The van der Waals surface area contributed by atoms with Gasteiger partial charge in [-0.3, -0.25) is 0 Å². The number of aromatic nitrogens is 3. The van der Waals surface area contributed by atoms with Gasteiger partial charge in [0.1, 0.15) is 17.5 Å². The van der Waals surface area contributed by atoms with Crippen LogP contribution in [0.4, 0.5) is 11.6 Å². The summed E-state index contributed by atoms with van der Waals surface area (Å²) in [7, 11) is 0. The van der Waals surface area contributed by atoms with E-state index in [0.29, 0.717) is 6.67 Å². The van der Waals surface area contributed by atoms with Crippen molar-refractivity contribution in [1.82, 2.24) is 15.0 Å². The molecule has 0 aliphatic heterocycles. The molecule has 0 aromatic carbocycles. The summed E-state index contributed by atoms with van der Waals surface area (Å²) in [5.74, 6) is 2.67. The van der Waals surface area contributed by atoms with Crippen LogP contribution < -0.4 is 10.6 Å². The Labute approximate surface area is 118 Å². The van der Waals surface area contributed by atoms with Crippen LogP contribution in [0, 0.1) is 6.92 Å². The third-order valence-electron chi connectivity index (χ3n) is 3.49. The molecule has 1 aliphatic carbocycles. The molecule has 2 aromatic rings. The van der Waals surface area contributed by atoms with E-state index < -0.39 is 0 Å². The first-order valence-electron chi connectivity index (χ1n) is 7.08. The highest BCUT2D eigenvalue weighted by molar-refractivity contribution is 5.49. The fraction of sp³-hybridized carbons (Fsp3) is 0.400. The second-order valence-corrected chi connectivity index (χ2v) is 5.00. The summed E-state index contributed by atoms with van der Waals surface area (Å²) in [6, 6.07) is 5.82. The predicted molar refractivity (Wildman–Crippen MR) is 79.8 cm³/mol. The zero-order valence-corrected chi connectivity index (χ0v) is 11.7. The molecule has 0 saturated carbocycles. The van der Waals surface area contributed by atoms with Gasteiger partial charge < -0.3 is 10.6 Å². The third-order valence-corrected chi connectivity index (χ3v) is 3.49. The predicted octanol–water partition coefficient (Wildman–Crippen LogP) is 2.54. The Morgan fingerprint density at radius 3 is 2.85 bits per heavy atom. The minimum absolute atomic E-state index is 0.611. The van der Waals surface area contributed by atoms with Crippen LogP contribution in [0.1, 0.15) is 29.9 Å². The van der Waals surface area contributed by atoms with Gasteiger partial charge in [-0.15, -0.1) is 0 Å². The van der Waals surface area contributed by atoms with E-state index in [9.17, 15) is 0 Å². The summed E-state index contributed by atoms with van der Waals surface area (Å²) >= 11 is 0. The molecule has 104 valence electrons. The van der Waals surface area contributed by atoms with Crippen LogP contribution in [0.3, 0.4) is 0 Å². The third kappa shape index (κ3) is 2.87. The van der Waals surface area contributed by atoms with Gasteiger partial charge in [-0.2, -0.15) is 0 Å². The largest absolute Gasteiger partial charge is 0.353 e.